The van der Waals surface area contributed by atoms with Gasteiger partial charge in [0, 0.05) is 17.9 Å². The Kier molecular flexibility index (Phi) is 7.15. The van der Waals surface area contributed by atoms with E-state index in [1.807, 2.05) is 30.5 Å². The average Bonchev–Trinajstić information content (AvgIpc) is 2.61. The summed E-state index contributed by atoms with van der Waals surface area (Å²) >= 11 is 1.71. The summed E-state index contributed by atoms with van der Waals surface area (Å²) < 4.78 is 11.0. The van der Waals surface area contributed by atoms with E-state index in [1.165, 1.54) is 4.90 Å². The van der Waals surface area contributed by atoms with Crippen LogP contribution in [0.3, 0.4) is 0 Å². The predicted molar refractivity (Wildman–Crippen MR) is 95.8 cm³/mol. The van der Waals surface area contributed by atoms with Gasteiger partial charge in [0.15, 0.2) is 6.10 Å². The SMILES string of the molecule is CCOC(Cc1ccc(OCc2ccc(SC)cc2)cc1)C(=O)O. The molecule has 0 aliphatic carbocycles. The van der Waals surface area contributed by atoms with Gasteiger partial charge >= 0.3 is 5.97 Å². The monoisotopic (exact) mass is 346 g/mol. The average molecular weight is 346 g/mol. The molecule has 2 rings (SSSR count). The number of rotatable bonds is 9. The van der Waals surface area contributed by atoms with Gasteiger partial charge in [-0.15, -0.1) is 11.8 Å². The van der Waals surface area contributed by atoms with Gasteiger partial charge in [0.1, 0.15) is 12.4 Å². The molecule has 0 amide bonds. The highest BCUT2D eigenvalue weighted by Gasteiger charge is 2.17. The van der Waals surface area contributed by atoms with Crippen molar-refractivity contribution < 1.29 is 19.4 Å². The van der Waals surface area contributed by atoms with E-state index in [9.17, 15) is 4.79 Å². The molecule has 128 valence electrons. The van der Waals surface area contributed by atoms with Gasteiger partial charge in [-0.3, -0.25) is 0 Å². The van der Waals surface area contributed by atoms with Crippen LogP contribution in [0.25, 0.3) is 0 Å². The van der Waals surface area contributed by atoms with Crippen molar-refractivity contribution in [3.8, 4) is 5.75 Å². The van der Waals surface area contributed by atoms with Crippen LogP contribution in [0, 0.1) is 0 Å². The zero-order valence-corrected chi connectivity index (χ0v) is 14.7. The van der Waals surface area contributed by atoms with Crippen LogP contribution in [0.15, 0.2) is 53.4 Å². The highest BCUT2D eigenvalue weighted by molar-refractivity contribution is 7.98. The molecule has 0 fully saturated rings. The van der Waals surface area contributed by atoms with Crippen molar-refractivity contribution >= 4 is 17.7 Å². The Morgan fingerprint density at radius 2 is 1.71 bits per heavy atom. The summed E-state index contributed by atoms with van der Waals surface area (Å²) in [4.78, 5) is 12.3. The van der Waals surface area contributed by atoms with E-state index in [0.717, 1.165) is 16.9 Å². The van der Waals surface area contributed by atoms with E-state index < -0.39 is 12.1 Å². The second-order valence-corrected chi connectivity index (χ2v) is 6.15. The Morgan fingerprint density at radius 1 is 1.08 bits per heavy atom. The molecule has 0 radical (unpaired) electrons. The van der Waals surface area contributed by atoms with Crippen molar-refractivity contribution in [2.45, 2.75) is 31.0 Å². The van der Waals surface area contributed by atoms with Crippen molar-refractivity contribution in [2.24, 2.45) is 0 Å². The van der Waals surface area contributed by atoms with Gasteiger partial charge in [0.25, 0.3) is 0 Å². The lowest BCUT2D eigenvalue weighted by molar-refractivity contribution is -0.149. The van der Waals surface area contributed by atoms with Crippen LogP contribution < -0.4 is 4.74 Å². The molecule has 0 aliphatic rings. The Bertz CT molecular complexity index is 637. The van der Waals surface area contributed by atoms with Gasteiger partial charge in [-0.1, -0.05) is 24.3 Å². The van der Waals surface area contributed by atoms with E-state index in [-0.39, 0.29) is 0 Å². The highest BCUT2D eigenvalue weighted by atomic mass is 32.2. The molecule has 0 heterocycles. The van der Waals surface area contributed by atoms with Crippen molar-refractivity contribution in [3.63, 3.8) is 0 Å². The minimum absolute atomic E-state index is 0.347. The zero-order chi connectivity index (χ0) is 17.4. The smallest absolute Gasteiger partial charge is 0.333 e. The van der Waals surface area contributed by atoms with Crippen LogP contribution in [0.1, 0.15) is 18.1 Å². The third kappa shape index (κ3) is 5.58. The fraction of sp³-hybridized carbons (Fsp3) is 0.316. The van der Waals surface area contributed by atoms with E-state index in [1.54, 1.807) is 18.7 Å². The quantitative estimate of drug-likeness (QED) is 0.695. The van der Waals surface area contributed by atoms with Crippen LogP contribution in [-0.4, -0.2) is 30.0 Å². The zero-order valence-electron chi connectivity index (χ0n) is 13.9. The summed E-state index contributed by atoms with van der Waals surface area (Å²) in [5.41, 5.74) is 2.02. The first kappa shape index (κ1) is 18.4. The van der Waals surface area contributed by atoms with Crippen molar-refractivity contribution in [2.75, 3.05) is 12.9 Å². The van der Waals surface area contributed by atoms with Gasteiger partial charge in [0.2, 0.25) is 0 Å². The first-order valence-electron chi connectivity index (χ1n) is 7.81. The molecule has 5 heteroatoms. The topological polar surface area (TPSA) is 55.8 Å². The molecule has 2 aromatic rings. The van der Waals surface area contributed by atoms with Gasteiger partial charge in [-0.2, -0.15) is 0 Å². The first-order chi connectivity index (χ1) is 11.6. The molecule has 4 nitrogen and oxygen atoms in total. The van der Waals surface area contributed by atoms with Crippen molar-refractivity contribution in [1.82, 2.24) is 0 Å². The molecule has 1 N–H and O–H groups in total. The normalized spacial score (nSPS) is 11.9. The second-order valence-electron chi connectivity index (χ2n) is 5.27. The highest BCUT2D eigenvalue weighted by Crippen LogP contribution is 2.18. The largest absolute Gasteiger partial charge is 0.489 e. The van der Waals surface area contributed by atoms with E-state index in [2.05, 4.69) is 24.3 Å². The predicted octanol–water partition coefficient (Wildman–Crippen LogP) is 4.02. The molecule has 24 heavy (non-hydrogen) atoms. The van der Waals surface area contributed by atoms with E-state index in [4.69, 9.17) is 14.6 Å². The summed E-state index contributed by atoms with van der Waals surface area (Å²) in [5, 5.41) is 9.12. The molecule has 0 bridgehead atoms. The summed E-state index contributed by atoms with van der Waals surface area (Å²) in [7, 11) is 0. The molecule has 1 atom stereocenters. The maximum Gasteiger partial charge on any atom is 0.333 e. The van der Waals surface area contributed by atoms with E-state index >= 15 is 0 Å². The minimum Gasteiger partial charge on any atom is -0.489 e. The third-order valence-electron chi connectivity index (χ3n) is 3.55. The number of thioether (sulfide) groups is 1. The fourth-order valence-electron chi connectivity index (χ4n) is 2.24. The summed E-state index contributed by atoms with van der Waals surface area (Å²) in [6.45, 7) is 2.68. The minimum atomic E-state index is -0.939. The van der Waals surface area contributed by atoms with Crippen LogP contribution in [0.2, 0.25) is 0 Å². The van der Waals surface area contributed by atoms with Crippen LogP contribution in [0.4, 0.5) is 0 Å². The lowest BCUT2D eigenvalue weighted by atomic mass is 10.1. The lowest BCUT2D eigenvalue weighted by Gasteiger charge is -2.13. The van der Waals surface area contributed by atoms with Crippen LogP contribution >= 0.6 is 11.8 Å². The first-order valence-corrected chi connectivity index (χ1v) is 9.04. The molecule has 0 spiro atoms. The van der Waals surface area contributed by atoms with Gasteiger partial charge in [-0.05, 0) is 48.6 Å². The Balaban J connectivity index is 1.90. The number of benzene rings is 2. The molecular weight excluding hydrogens is 324 g/mol. The Hall–Kier alpha value is -1.98. The molecule has 1 unspecified atom stereocenters. The number of hydrogen-bond acceptors (Lipinski definition) is 4. The van der Waals surface area contributed by atoms with Gasteiger partial charge in [0.05, 0.1) is 0 Å². The van der Waals surface area contributed by atoms with Gasteiger partial charge in [-0.25, -0.2) is 4.79 Å². The summed E-state index contributed by atoms with van der Waals surface area (Å²) in [5.74, 6) is -0.179. The molecular formula is C19H22O4S. The summed E-state index contributed by atoms with van der Waals surface area (Å²) in [6, 6.07) is 15.7. The van der Waals surface area contributed by atoms with Crippen LogP contribution in [-0.2, 0) is 22.6 Å². The molecule has 0 aliphatic heterocycles. The fourth-order valence-corrected chi connectivity index (χ4v) is 2.65. The lowest BCUT2D eigenvalue weighted by Crippen LogP contribution is -2.26. The van der Waals surface area contributed by atoms with Gasteiger partial charge < -0.3 is 14.6 Å². The number of carboxylic acids is 1. The molecule has 0 saturated carbocycles. The summed E-state index contributed by atoms with van der Waals surface area (Å²) in [6.07, 6.45) is 1.59. The van der Waals surface area contributed by atoms with Crippen LogP contribution in [0.5, 0.6) is 5.75 Å². The molecule has 0 aromatic heterocycles. The number of hydrogen-bond donors (Lipinski definition) is 1. The number of aliphatic carboxylic acids is 1. The van der Waals surface area contributed by atoms with Crippen molar-refractivity contribution in [1.29, 1.82) is 0 Å². The maximum atomic E-state index is 11.1. The number of carbonyl (C=O) groups is 1. The Morgan fingerprint density at radius 3 is 2.25 bits per heavy atom. The maximum absolute atomic E-state index is 11.1. The van der Waals surface area contributed by atoms with Crippen molar-refractivity contribution in [3.05, 3.63) is 59.7 Å². The third-order valence-corrected chi connectivity index (χ3v) is 4.30. The second kappa shape index (κ2) is 9.35. The molecule has 0 saturated heterocycles. The Labute approximate surface area is 146 Å². The number of carboxylic acid groups (broad SMARTS) is 1. The van der Waals surface area contributed by atoms with E-state index in [0.29, 0.717) is 19.6 Å². The number of ether oxygens (including phenoxy) is 2. The standard InChI is InChI=1S/C19H22O4S/c1-3-22-18(19(20)21)12-14-4-8-16(9-5-14)23-13-15-6-10-17(24-2)11-7-15/h4-11,18H,3,12-13H2,1-2H3,(H,20,21). The molecule has 2 aromatic carbocycles.